The van der Waals surface area contributed by atoms with Crippen molar-refractivity contribution < 1.29 is 4.92 Å². The van der Waals surface area contributed by atoms with Crippen molar-refractivity contribution in [2.45, 2.75) is 0 Å². The first-order valence-electron chi connectivity index (χ1n) is 7.19. The van der Waals surface area contributed by atoms with Crippen LogP contribution in [0.25, 0.3) is 17.5 Å². The minimum Gasteiger partial charge on any atom is -0.264 e. The zero-order valence-corrected chi connectivity index (χ0v) is 13.6. The van der Waals surface area contributed by atoms with E-state index in [-0.39, 0.29) is 5.69 Å². The molecule has 0 bridgehead atoms. The van der Waals surface area contributed by atoms with Gasteiger partial charge in [-0.15, -0.1) is 0 Å². The van der Waals surface area contributed by atoms with Crippen molar-refractivity contribution in [2.24, 2.45) is 5.10 Å². The molecule has 124 valence electrons. The van der Waals surface area contributed by atoms with E-state index >= 15 is 0 Å². The second kappa shape index (κ2) is 7.41. The third kappa shape index (κ3) is 3.72. The van der Waals surface area contributed by atoms with Crippen LogP contribution >= 0.6 is 12.2 Å². The van der Waals surface area contributed by atoms with Crippen molar-refractivity contribution >= 4 is 30.2 Å². The quantitative estimate of drug-likeness (QED) is 0.328. The predicted octanol–water partition coefficient (Wildman–Crippen LogP) is 3.46. The van der Waals surface area contributed by atoms with Crippen LogP contribution in [-0.4, -0.2) is 31.0 Å². The van der Waals surface area contributed by atoms with Gasteiger partial charge in [0.05, 0.1) is 10.5 Å². The van der Waals surface area contributed by atoms with Crippen molar-refractivity contribution in [3.05, 3.63) is 75.3 Å². The van der Waals surface area contributed by atoms with Gasteiger partial charge in [0.15, 0.2) is 5.82 Å². The van der Waals surface area contributed by atoms with Crippen LogP contribution < -0.4 is 0 Å². The lowest BCUT2D eigenvalue weighted by Crippen LogP contribution is -1.94. The van der Waals surface area contributed by atoms with Gasteiger partial charge in [0.1, 0.15) is 0 Å². The van der Waals surface area contributed by atoms with Crippen molar-refractivity contribution in [3.63, 3.8) is 0 Å². The normalized spacial score (nSPS) is 11.4. The molecule has 0 radical (unpaired) electrons. The summed E-state index contributed by atoms with van der Waals surface area (Å²) in [6, 6.07) is 10.1. The van der Waals surface area contributed by atoms with Crippen LogP contribution in [0.5, 0.6) is 0 Å². The molecule has 3 rings (SSSR count). The highest BCUT2D eigenvalue weighted by Crippen LogP contribution is 2.19. The summed E-state index contributed by atoms with van der Waals surface area (Å²) in [7, 11) is 0. The number of pyridine rings is 1. The minimum atomic E-state index is -0.427. The molecule has 2 heterocycles. The summed E-state index contributed by atoms with van der Waals surface area (Å²) in [6.07, 6.45) is 8.01. The second-order valence-corrected chi connectivity index (χ2v) is 5.23. The monoisotopic (exact) mass is 352 g/mol. The van der Waals surface area contributed by atoms with Gasteiger partial charge in [-0.25, -0.2) is 5.10 Å². The number of nitro benzene ring substituents is 1. The number of nitro groups is 1. The average molecular weight is 352 g/mol. The van der Waals surface area contributed by atoms with Crippen LogP contribution in [0.1, 0.15) is 5.56 Å². The number of rotatable bonds is 5. The third-order valence-corrected chi connectivity index (χ3v) is 3.51. The van der Waals surface area contributed by atoms with E-state index in [1.807, 2.05) is 6.07 Å². The van der Waals surface area contributed by atoms with Gasteiger partial charge < -0.3 is 0 Å². The van der Waals surface area contributed by atoms with Crippen molar-refractivity contribution in [1.29, 1.82) is 0 Å². The lowest BCUT2D eigenvalue weighted by Gasteiger charge is -1.99. The van der Waals surface area contributed by atoms with Gasteiger partial charge in [-0.2, -0.15) is 14.9 Å². The third-order valence-electron chi connectivity index (χ3n) is 3.25. The SMILES string of the molecule is O=[N+]([O-])c1ccccc1/C=C/C=N\n1c(-c2cccnc2)n[nH]c1=S. The molecule has 0 unspecified atom stereocenters. The van der Waals surface area contributed by atoms with Crippen molar-refractivity contribution in [3.8, 4) is 11.4 Å². The topological polar surface area (TPSA) is 102 Å². The number of para-hydroxylation sites is 1. The van der Waals surface area contributed by atoms with Crippen LogP contribution in [0, 0.1) is 14.9 Å². The second-order valence-electron chi connectivity index (χ2n) is 4.85. The highest BCUT2D eigenvalue weighted by atomic mass is 32.1. The highest BCUT2D eigenvalue weighted by Gasteiger charge is 2.09. The molecule has 0 atom stereocenters. The molecule has 0 aliphatic heterocycles. The first-order valence-corrected chi connectivity index (χ1v) is 7.60. The Morgan fingerprint density at radius 3 is 2.88 bits per heavy atom. The predicted molar refractivity (Wildman–Crippen MR) is 96.7 cm³/mol. The molecule has 2 aromatic heterocycles. The highest BCUT2D eigenvalue weighted by molar-refractivity contribution is 7.71. The van der Waals surface area contributed by atoms with Crippen LogP contribution in [0.2, 0.25) is 0 Å². The first kappa shape index (κ1) is 16.4. The number of H-pyrrole nitrogens is 1. The van der Waals surface area contributed by atoms with Gasteiger partial charge in [-0.1, -0.05) is 12.1 Å². The molecule has 25 heavy (non-hydrogen) atoms. The summed E-state index contributed by atoms with van der Waals surface area (Å²) < 4.78 is 1.78. The smallest absolute Gasteiger partial charge is 0.264 e. The van der Waals surface area contributed by atoms with Crippen LogP contribution in [0.15, 0.2) is 60.0 Å². The van der Waals surface area contributed by atoms with Gasteiger partial charge in [-0.05, 0) is 42.6 Å². The molecule has 0 spiro atoms. The maximum Gasteiger partial charge on any atom is 0.276 e. The van der Waals surface area contributed by atoms with Crippen molar-refractivity contribution in [2.75, 3.05) is 0 Å². The van der Waals surface area contributed by atoms with E-state index in [0.717, 1.165) is 5.56 Å². The van der Waals surface area contributed by atoms with E-state index in [1.54, 1.807) is 48.8 Å². The molecule has 0 saturated carbocycles. The summed E-state index contributed by atoms with van der Waals surface area (Å²) in [4.78, 5) is 14.6. The molecular weight excluding hydrogens is 340 g/mol. The zero-order valence-electron chi connectivity index (χ0n) is 12.8. The number of aromatic amines is 1. The Balaban J connectivity index is 1.86. The first-order chi connectivity index (χ1) is 12.2. The Hall–Kier alpha value is -3.46. The molecule has 0 fully saturated rings. The van der Waals surface area contributed by atoms with E-state index in [2.05, 4.69) is 20.3 Å². The van der Waals surface area contributed by atoms with E-state index in [4.69, 9.17) is 12.2 Å². The van der Waals surface area contributed by atoms with E-state index < -0.39 is 4.92 Å². The van der Waals surface area contributed by atoms with Crippen LogP contribution in [0.3, 0.4) is 0 Å². The number of allylic oxidation sites excluding steroid dienone is 1. The zero-order chi connectivity index (χ0) is 17.6. The fourth-order valence-corrected chi connectivity index (χ4v) is 2.31. The van der Waals surface area contributed by atoms with Gasteiger partial charge in [0.25, 0.3) is 5.69 Å². The van der Waals surface area contributed by atoms with Crippen LogP contribution in [0.4, 0.5) is 5.69 Å². The van der Waals surface area contributed by atoms with Gasteiger partial charge in [-0.3, -0.25) is 15.1 Å². The van der Waals surface area contributed by atoms with Gasteiger partial charge in [0.2, 0.25) is 4.77 Å². The lowest BCUT2D eigenvalue weighted by molar-refractivity contribution is -0.385. The average Bonchev–Trinajstić information content (AvgIpc) is 3.00. The minimum absolute atomic E-state index is 0.0307. The standard InChI is InChI=1S/C16H12N6O2S/c23-22(24)14-8-2-1-5-12(14)6-4-10-18-21-15(19-20-16(21)25)13-7-3-9-17-11-13/h1-11H,(H,20,25)/b6-4+,18-10-. The number of hydrogen-bond acceptors (Lipinski definition) is 6. The molecule has 3 aromatic rings. The molecule has 9 heteroatoms. The largest absolute Gasteiger partial charge is 0.276 e. The summed E-state index contributed by atoms with van der Waals surface area (Å²) in [5.74, 6) is 0.522. The maximum absolute atomic E-state index is 11.0. The molecule has 0 aliphatic carbocycles. The van der Waals surface area contributed by atoms with Gasteiger partial charge >= 0.3 is 0 Å². The number of benzene rings is 1. The van der Waals surface area contributed by atoms with E-state index in [0.29, 0.717) is 16.2 Å². The lowest BCUT2D eigenvalue weighted by atomic mass is 10.2. The summed E-state index contributed by atoms with van der Waals surface area (Å²) in [6.45, 7) is 0. The maximum atomic E-state index is 11.0. The fourth-order valence-electron chi connectivity index (χ4n) is 2.13. The van der Waals surface area contributed by atoms with E-state index in [9.17, 15) is 10.1 Å². The molecule has 8 nitrogen and oxygen atoms in total. The number of aromatic nitrogens is 4. The number of nitrogens with one attached hydrogen (secondary N) is 1. The number of hydrogen-bond donors (Lipinski definition) is 1. The molecule has 1 N–H and O–H groups in total. The Morgan fingerprint density at radius 1 is 1.28 bits per heavy atom. The molecule has 0 aliphatic rings. The summed E-state index contributed by atoms with van der Waals surface area (Å²) in [5.41, 5.74) is 1.28. The molecular formula is C16H12N6O2S. The Morgan fingerprint density at radius 2 is 2.12 bits per heavy atom. The van der Waals surface area contributed by atoms with Crippen LogP contribution in [-0.2, 0) is 0 Å². The van der Waals surface area contributed by atoms with Crippen molar-refractivity contribution in [1.82, 2.24) is 19.9 Å². The van der Waals surface area contributed by atoms with Gasteiger partial charge in [0, 0.05) is 30.2 Å². The summed E-state index contributed by atoms with van der Waals surface area (Å²) >= 11 is 5.17. The Bertz CT molecular complexity index is 1010. The molecule has 0 saturated heterocycles. The Kier molecular flexibility index (Phi) is 4.86. The fraction of sp³-hybridized carbons (Fsp3) is 0. The molecule has 0 amide bonds. The Labute approximate surface area is 147 Å². The molecule has 1 aromatic carbocycles. The summed E-state index contributed by atoms with van der Waals surface area (Å²) in [5, 5.41) is 22.0. The van der Waals surface area contributed by atoms with E-state index in [1.165, 1.54) is 17.0 Å². The number of nitrogens with zero attached hydrogens (tertiary/aromatic N) is 5.